The van der Waals surface area contributed by atoms with E-state index in [1.54, 1.807) is 6.20 Å². The van der Waals surface area contributed by atoms with Gasteiger partial charge >= 0.3 is 5.97 Å². The third kappa shape index (κ3) is 9.13. The SMILES string of the molecule is NCCCCC(NC(=O)C(N)Cc1ccccc1)C(=O)NC(Cc1c[nH]c2ccccc12)C(=O)NC(CO)C(=O)O. The number of aliphatic hydroxyl groups excluding tert-OH is 1. The smallest absolute Gasteiger partial charge is 0.328 e. The van der Waals surface area contributed by atoms with Crippen LogP contribution in [-0.2, 0) is 32.0 Å². The number of rotatable bonds is 16. The molecule has 0 aliphatic heterocycles. The van der Waals surface area contributed by atoms with E-state index >= 15 is 0 Å². The van der Waals surface area contributed by atoms with Gasteiger partial charge in [0.15, 0.2) is 0 Å². The van der Waals surface area contributed by atoms with E-state index < -0.39 is 54.5 Å². The molecule has 10 N–H and O–H groups in total. The van der Waals surface area contributed by atoms with Gasteiger partial charge in [-0.25, -0.2) is 4.79 Å². The number of aromatic amines is 1. The lowest BCUT2D eigenvalue weighted by Crippen LogP contribution is -2.58. The minimum absolute atomic E-state index is 0.0241. The van der Waals surface area contributed by atoms with E-state index in [0.29, 0.717) is 24.9 Å². The lowest BCUT2D eigenvalue weighted by atomic mass is 10.0. The van der Waals surface area contributed by atoms with Crippen LogP contribution in [0.5, 0.6) is 0 Å². The number of carbonyl (C=O) groups is 4. The Hall–Kier alpha value is -4.26. The Labute approximate surface area is 237 Å². The molecule has 0 aliphatic carbocycles. The number of amides is 3. The van der Waals surface area contributed by atoms with Gasteiger partial charge in [-0.3, -0.25) is 14.4 Å². The molecule has 220 valence electrons. The highest BCUT2D eigenvalue weighted by Gasteiger charge is 2.30. The van der Waals surface area contributed by atoms with Crippen LogP contribution in [0.1, 0.15) is 30.4 Å². The molecule has 0 saturated carbocycles. The summed E-state index contributed by atoms with van der Waals surface area (Å²) >= 11 is 0. The fraction of sp³-hybridized carbons (Fsp3) is 0.379. The molecule has 3 aromatic rings. The molecule has 0 fully saturated rings. The number of carboxylic acid groups (broad SMARTS) is 1. The van der Waals surface area contributed by atoms with Gasteiger partial charge in [-0.05, 0) is 49.4 Å². The van der Waals surface area contributed by atoms with Crippen LogP contribution in [0.3, 0.4) is 0 Å². The van der Waals surface area contributed by atoms with Gasteiger partial charge in [-0.15, -0.1) is 0 Å². The summed E-state index contributed by atoms with van der Waals surface area (Å²) in [5, 5.41) is 27.2. The molecule has 0 saturated heterocycles. The van der Waals surface area contributed by atoms with Gasteiger partial charge in [-0.1, -0.05) is 48.5 Å². The number of unbranched alkanes of at least 4 members (excludes halogenated alkanes) is 1. The van der Waals surface area contributed by atoms with E-state index in [9.17, 15) is 29.4 Å². The van der Waals surface area contributed by atoms with Crippen LogP contribution in [-0.4, -0.2) is 76.2 Å². The van der Waals surface area contributed by atoms with Crippen LogP contribution in [0.2, 0.25) is 0 Å². The summed E-state index contributed by atoms with van der Waals surface area (Å²) in [6, 6.07) is 12.0. The number of H-pyrrole nitrogens is 1. The van der Waals surface area contributed by atoms with Crippen LogP contribution in [0.15, 0.2) is 60.8 Å². The first-order chi connectivity index (χ1) is 19.7. The molecule has 41 heavy (non-hydrogen) atoms. The molecular weight excluding hydrogens is 528 g/mol. The summed E-state index contributed by atoms with van der Waals surface area (Å²) in [6.07, 6.45) is 3.41. The minimum atomic E-state index is -1.55. The molecule has 0 radical (unpaired) electrons. The molecular formula is C29H38N6O6. The third-order valence-electron chi connectivity index (χ3n) is 6.74. The van der Waals surface area contributed by atoms with Crippen molar-refractivity contribution in [3.05, 3.63) is 71.9 Å². The van der Waals surface area contributed by atoms with Crippen molar-refractivity contribution in [2.24, 2.45) is 11.5 Å². The van der Waals surface area contributed by atoms with Crippen LogP contribution < -0.4 is 27.4 Å². The monoisotopic (exact) mass is 566 g/mol. The third-order valence-corrected chi connectivity index (χ3v) is 6.74. The largest absolute Gasteiger partial charge is 0.480 e. The van der Waals surface area contributed by atoms with Gasteiger partial charge in [0.2, 0.25) is 17.7 Å². The standard InChI is InChI=1S/C29H38N6O6/c30-13-7-6-12-23(33-26(37)21(31)14-18-8-2-1-3-9-18)27(38)34-24(28(39)35-25(17-36)29(40)41)15-19-16-32-22-11-5-4-10-20(19)22/h1-5,8-11,16,21,23-25,32,36H,6-7,12-15,17,30-31H2,(H,33,37)(H,34,38)(H,35,39)(H,40,41). The average Bonchev–Trinajstić information content (AvgIpc) is 3.37. The fourth-order valence-corrected chi connectivity index (χ4v) is 4.46. The van der Waals surface area contributed by atoms with Gasteiger partial charge in [0.1, 0.15) is 18.1 Å². The molecule has 3 rings (SSSR count). The van der Waals surface area contributed by atoms with Crippen LogP contribution in [0.25, 0.3) is 10.9 Å². The number of carboxylic acids is 1. The molecule has 12 heteroatoms. The first-order valence-electron chi connectivity index (χ1n) is 13.5. The summed E-state index contributed by atoms with van der Waals surface area (Å²) in [5.74, 6) is -3.36. The molecule has 3 amide bonds. The molecule has 12 nitrogen and oxygen atoms in total. The maximum atomic E-state index is 13.5. The molecule has 1 aromatic heterocycles. The van der Waals surface area contributed by atoms with Crippen molar-refractivity contribution >= 4 is 34.6 Å². The normalized spacial score (nSPS) is 14.0. The van der Waals surface area contributed by atoms with Crippen molar-refractivity contribution in [3.63, 3.8) is 0 Å². The Morgan fingerprint density at radius 1 is 0.805 bits per heavy atom. The van der Waals surface area contributed by atoms with E-state index in [2.05, 4.69) is 20.9 Å². The van der Waals surface area contributed by atoms with Crippen molar-refractivity contribution in [2.45, 2.75) is 56.3 Å². The number of carbonyl (C=O) groups excluding carboxylic acids is 3. The fourth-order valence-electron chi connectivity index (χ4n) is 4.46. The first-order valence-corrected chi connectivity index (χ1v) is 13.5. The number of fused-ring (bicyclic) bond motifs is 1. The molecule has 0 aliphatic rings. The number of aliphatic carboxylic acids is 1. The zero-order valence-electron chi connectivity index (χ0n) is 22.7. The molecule has 1 heterocycles. The summed E-state index contributed by atoms with van der Waals surface area (Å²) in [4.78, 5) is 54.2. The maximum absolute atomic E-state index is 13.5. The predicted octanol–water partition coefficient (Wildman–Crippen LogP) is -0.0593. The summed E-state index contributed by atoms with van der Waals surface area (Å²) in [6.45, 7) is -0.426. The average molecular weight is 567 g/mol. The molecule has 4 atom stereocenters. The Bertz CT molecular complexity index is 1310. The van der Waals surface area contributed by atoms with Crippen molar-refractivity contribution in [3.8, 4) is 0 Å². The summed E-state index contributed by atoms with van der Waals surface area (Å²) in [7, 11) is 0. The molecule has 0 bridgehead atoms. The Morgan fingerprint density at radius 2 is 1.44 bits per heavy atom. The van der Waals surface area contributed by atoms with Gasteiger partial charge in [0.05, 0.1) is 12.6 Å². The Kier molecular flexibility index (Phi) is 11.8. The van der Waals surface area contributed by atoms with Crippen molar-refractivity contribution < 1.29 is 29.4 Å². The molecule has 2 aromatic carbocycles. The highest BCUT2D eigenvalue weighted by Crippen LogP contribution is 2.19. The van der Waals surface area contributed by atoms with E-state index in [-0.39, 0.29) is 19.3 Å². The summed E-state index contributed by atoms with van der Waals surface area (Å²) in [5.41, 5.74) is 14.2. The number of hydrogen-bond donors (Lipinski definition) is 8. The van der Waals surface area contributed by atoms with Gasteiger partial charge in [-0.2, -0.15) is 0 Å². The second kappa shape index (κ2) is 15.5. The second-order valence-corrected chi connectivity index (χ2v) is 9.85. The number of aliphatic hydroxyl groups is 1. The van der Waals surface area contributed by atoms with Gasteiger partial charge < -0.3 is 42.6 Å². The van der Waals surface area contributed by atoms with Gasteiger partial charge in [0, 0.05) is 23.5 Å². The number of para-hydroxylation sites is 1. The Balaban J connectivity index is 1.79. The van der Waals surface area contributed by atoms with E-state index in [4.69, 9.17) is 11.5 Å². The highest BCUT2D eigenvalue weighted by atomic mass is 16.4. The zero-order valence-corrected chi connectivity index (χ0v) is 22.7. The lowest BCUT2D eigenvalue weighted by Gasteiger charge is -2.25. The zero-order chi connectivity index (χ0) is 29.8. The molecule has 0 spiro atoms. The second-order valence-electron chi connectivity index (χ2n) is 9.85. The maximum Gasteiger partial charge on any atom is 0.328 e. The van der Waals surface area contributed by atoms with Gasteiger partial charge in [0.25, 0.3) is 0 Å². The van der Waals surface area contributed by atoms with Crippen molar-refractivity contribution in [2.75, 3.05) is 13.2 Å². The van der Waals surface area contributed by atoms with E-state index in [0.717, 1.165) is 16.5 Å². The predicted molar refractivity (Wildman–Crippen MR) is 154 cm³/mol. The van der Waals surface area contributed by atoms with Crippen LogP contribution in [0, 0.1) is 0 Å². The number of aromatic nitrogens is 1. The van der Waals surface area contributed by atoms with Crippen molar-refractivity contribution in [1.82, 2.24) is 20.9 Å². The summed E-state index contributed by atoms with van der Waals surface area (Å²) < 4.78 is 0. The topological polar surface area (TPSA) is 213 Å². The van der Waals surface area contributed by atoms with Crippen LogP contribution in [0.4, 0.5) is 0 Å². The lowest BCUT2D eigenvalue weighted by molar-refractivity contribution is -0.143. The quantitative estimate of drug-likeness (QED) is 0.110. The number of nitrogens with one attached hydrogen (secondary N) is 4. The first kappa shape index (κ1) is 31.3. The molecule has 4 unspecified atom stereocenters. The van der Waals surface area contributed by atoms with E-state index in [1.165, 1.54) is 0 Å². The number of hydrogen-bond acceptors (Lipinski definition) is 7. The number of benzene rings is 2. The van der Waals surface area contributed by atoms with Crippen molar-refractivity contribution in [1.29, 1.82) is 0 Å². The van der Waals surface area contributed by atoms with E-state index in [1.807, 2.05) is 54.6 Å². The van der Waals surface area contributed by atoms with Crippen LogP contribution >= 0.6 is 0 Å². The highest BCUT2D eigenvalue weighted by molar-refractivity contribution is 5.95. The minimum Gasteiger partial charge on any atom is -0.480 e. The Morgan fingerprint density at radius 3 is 2.12 bits per heavy atom. The number of nitrogens with two attached hydrogens (primary N) is 2.